The molecule has 2 saturated heterocycles. The highest BCUT2D eigenvalue weighted by molar-refractivity contribution is 4.97. The molecule has 2 unspecified atom stereocenters. The molecular formula is C13H21N3O2. The van der Waals surface area contributed by atoms with Crippen LogP contribution in [0.25, 0.3) is 0 Å². The van der Waals surface area contributed by atoms with Crippen molar-refractivity contribution in [1.82, 2.24) is 15.5 Å². The topological polar surface area (TPSA) is 60.2 Å². The summed E-state index contributed by atoms with van der Waals surface area (Å²) in [6.45, 7) is 3.82. The molecule has 18 heavy (non-hydrogen) atoms. The molecule has 3 rings (SSSR count). The van der Waals surface area contributed by atoms with Gasteiger partial charge in [0.05, 0.1) is 5.92 Å². The second-order valence-corrected chi connectivity index (χ2v) is 5.38. The number of ether oxygens (including phenoxy) is 1. The molecule has 0 aromatic carbocycles. The van der Waals surface area contributed by atoms with E-state index in [0.717, 1.165) is 57.3 Å². The average Bonchev–Trinajstić information content (AvgIpc) is 2.89. The van der Waals surface area contributed by atoms with Gasteiger partial charge in [-0.05, 0) is 38.1 Å². The van der Waals surface area contributed by atoms with Crippen LogP contribution >= 0.6 is 0 Å². The van der Waals surface area contributed by atoms with Gasteiger partial charge in [0.2, 0.25) is 5.89 Å². The zero-order chi connectivity index (χ0) is 12.2. The van der Waals surface area contributed by atoms with Gasteiger partial charge in [0.1, 0.15) is 0 Å². The Balaban J connectivity index is 1.58. The van der Waals surface area contributed by atoms with Crippen molar-refractivity contribution in [2.45, 2.75) is 38.0 Å². The van der Waals surface area contributed by atoms with E-state index in [0.29, 0.717) is 11.8 Å². The van der Waals surface area contributed by atoms with Gasteiger partial charge >= 0.3 is 0 Å². The minimum atomic E-state index is 0.405. The molecule has 0 amide bonds. The second kappa shape index (κ2) is 5.80. The van der Waals surface area contributed by atoms with Crippen molar-refractivity contribution in [2.75, 3.05) is 26.3 Å². The van der Waals surface area contributed by atoms with Crippen LogP contribution in [0.2, 0.25) is 0 Å². The summed E-state index contributed by atoms with van der Waals surface area (Å²) in [7, 11) is 0. The molecule has 5 nitrogen and oxygen atoms in total. The highest BCUT2D eigenvalue weighted by Crippen LogP contribution is 2.23. The van der Waals surface area contributed by atoms with Crippen molar-refractivity contribution in [3.05, 3.63) is 11.7 Å². The van der Waals surface area contributed by atoms with Crippen LogP contribution in [0.15, 0.2) is 4.52 Å². The van der Waals surface area contributed by atoms with E-state index in [-0.39, 0.29) is 0 Å². The van der Waals surface area contributed by atoms with Crippen LogP contribution < -0.4 is 5.32 Å². The van der Waals surface area contributed by atoms with Crippen LogP contribution in [0.3, 0.4) is 0 Å². The largest absolute Gasteiger partial charge is 0.381 e. The first-order valence-corrected chi connectivity index (χ1v) is 7.03. The Hall–Kier alpha value is -0.940. The van der Waals surface area contributed by atoms with Crippen LogP contribution in [-0.4, -0.2) is 36.4 Å². The summed E-state index contributed by atoms with van der Waals surface area (Å²) in [6, 6.07) is 0. The number of piperidine rings is 1. The molecule has 2 fully saturated rings. The summed E-state index contributed by atoms with van der Waals surface area (Å²) in [5.74, 6) is 2.64. The number of rotatable bonds is 3. The summed E-state index contributed by atoms with van der Waals surface area (Å²) in [4.78, 5) is 4.55. The minimum Gasteiger partial charge on any atom is -0.381 e. The number of hydrogen-bond acceptors (Lipinski definition) is 5. The Labute approximate surface area is 107 Å². The molecule has 2 atom stereocenters. The average molecular weight is 251 g/mol. The van der Waals surface area contributed by atoms with Crippen LogP contribution in [0.5, 0.6) is 0 Å². The lowest BCUT2D eigenvalue weighted by Crippen LogP contribution is -2.28. The lowest BCUT2D eigenvalue weighted by Gasteiger charge is -2.20. The monoisotopic (exact) mass is 251 g/mol. The highest BCUT2D eigenvalue weighted by atomic mass is 16.5. The van der Waals surface area contributed by atoms with E-state index in [1.807, 2.05) is 0 Å². The number of hydrogen-bond donors (Lipinski definition) is 1. The fourth-order valence-corrected chi connectivity index (χ4v) is 2.81. The third kappa shape index (κ3) is 2.90. The molecule has 1 aromatic heterocycles. The number of nitrogens with zero attached hydrogens (tertiary/aromatic N) is 2. The van der Waals surface area contributed by atoms with Gasteiger partial charge < -0.3 is 14.6 Å². The molecule has 2 aliphatic heterocycles. The Morgan fingerprint density at radius 2 is 2.28 bits per heavy atom. The SMILES string of the molecule is C1COCC(Cc2noc(C3CCCNC3)n2)C1. The zero-order valence-corrected chi connectivity index (χ0v) is 10.7. The first kappa shape index (κ1) is 12.1. The van der Waals surface area contributed by atoms with Crippen molar-refractivity contribution in [1.29, 1.82) is 0 Å². The Morgan fingerprint density at radius 3 is 3.06 bits per heavy atom. The molecule has 2 aliphatic rings. The quantitative estimate of drug-likeness (QED) is 0.882. The predicted octanol–water partition coefficient (Wildman–Crippen LogP) is 1.51. The molecule has 1 N–H and O–H groups in total. The van der Waals surface area contributed by atoms with Gasteiger partial charge in [0, 0.05) is 26.2 Å². The van der Waals surface area contributed by atoms with E-state index in [1.54, 1.807) is 0 Å². The maximum Gasteiger partial charge on any atom is 0.231 e. The van der Waals surface area contributed by atoms with Crippen LogP contribution in [0, 0.1) is 5.92 Å². The molecule has 100 valence electrons. The number of nitrogens with one attached hydrogen (secondary N) is 1. The van der Waals surface area contributed by atoms with E-state index in [1.165, 1.54) is 12.8 Å². The van der Waals surface area contributed by atoms with Gasteiger partial charge in [0.15, 0.2) is 5.82 Å². The molecule has 0 saturated carbocycles. The third-order valence-electron chi connectivity index (χ3n) is 3.86. The van der Waals surface area contributed by atoms with Gasteiger partial charge in [-0.3, -0.25) is 0 Å². The van der Waals surface area contributed by atoms with Gasteiger partial charge in [0.25, 0.3) is 0 Å². The molecule has 0 radical (unpaired) electrons. The normalized spacial score (nSPS) is 29.3. The van der Waals surface area contributed by atoms with Crippen molar-refractivity contribution in [3.8, 4) is 0 Å². The van der Waals surface area contributed by atoms with Gasteiger partial charge in [-0.1, -0.05) is 5.16 Å². The zero-order valence-electron chi connectivity index (χ0n) is 10.7. The van der Waals surface area contributed by atoms with Crippen LogP contribution in [0.1, 0.15) is 43.3 Å². The second-order valence-electron chi connectivity index (χ2n) is 5.38. The van der Waals surface area contributed by atoms with E-state index >= 15 is 0 Å². The van der Waals surface area contributed by atoms with Crippen LogP contribution in [0.4, 0.5) is 0 Å². The van der Waals surface area contributed by atoms with E-state index in [2.05, 4.69) is 15.5 Å². The van der Waals surface area contributed by atoms with Gasteiger partial charge in [-0.15, -0.1) is 0 Å². The highest BCUT2D eigenvalue weighted by Gasteiger charge is 2.23. The molecule has 0 aliphatic carbocycles. The maximum absolute atomic E-state index is 5.48. The first-order valence-electron chi connectivity index (χ1n) is 7.03. The number of aromatic nitrogens is 2. The molecule has 3 heterocycles. The Kier molecular flexibility index (Phi) is 3.90. The summed E-state index contributed by atoms with van der Waals surface area (Å²) in [6.07, 6.45) is 5.61. The predicted molar refractivity (Wildman–Crippen MR) is 66.4 cm³/mol. The summed E-state index contributed by atoms with van der Waals surface area (Å²) >= 11 is 0. The lowest BCUT2D eigenvalue weighted by molar-refractivity contribution is 0.0541. The van der Waals surface area contributed by atoms with E-state index < -0.39 is 0 Å². The molecule has 5 heteroatoms. The van der Waals surface area contributed by atoms with E-state index in [4.69, 9.17) is 9.26 Å². The first-order chi connectivity index (χ1) is 8.92. The summed E-state index contributed by atoms with van der Waals surface area (Å²) < 4.78 is 10.9. The molecule has 0 bridgehead atoms. The smallest absolute Gasteiger partial charge is 0.231 e. The molecular weight excluding hydrogens is 230 g/mol. The Morgan fingerprint density at radius 1 is 1.28 bits per heavy atom. The van der Waals surface area contributed by atoms with E-state index in [9.17, 15) is 0 Å². The van der Waals surface area contributed by atoms with Crippen LogP contribution in [-0.2, 0) is 11.2 Å². The standard InChI is InChI=1S/C13H21N3O2/c1-4-11(8-14-5-1)13-15-12(16-18-13)7-10-3-2-6-17-9-10/h10-11,14H,1-9H2. The lowest BCUT2D eigenvalue weighted by atomic mass is 9.98. The van der Waals surface area contributed by atoms with Gasteiger partial charge in [-0.2, -0.15) is 4.98 Å². The van der Waals surface area contributed by atoms with Crippen molar-refractivity contribution >= 4 is 0 Å². The van der Waals surface area contributed by atoms with Crippen molar-refractivity contribution in [2.24, 2.45) is 5.92 Å². The summed E-state index contributed by atoms with van der Waals surface area (Å²) in [5, 5.41) is 7.49. The molecule has 0 spiro atoms. The fourth-order valence-electron chi connectivity index (χ4n) is 2.81. The fraction of sp³-hybridized carbons (Fsp3) is 0.846. The third-order valence-corrected chi connectivity index (χ3v) is 3.86. The maximum atomic E-state index is 5.48. The Bertz CT molecular complexity index is 368. The molecule has 1 aromatic rings. The van der Waals surface area contributed by atoms with Crippen molar-refractivity contribution in [3.63, 3.8) is 0 Å². The van der Waals surface area contributed by atoms with Crippen molar-refractivity contribution < 1.29 is 9.26 Å². The minimum absolute atomic E-state index is 0.405. The van der Waals surface area contributed by atoms with Gasteiger partial charge in [-0.25, -0.2) is 0 Å². The summed E-state index contributed by atoms with van der Waals surface area (Å²) in [5.41, 5.74) is 0.